The van der Waals surface area contributed by atoms with Crippen molar-refractivity contribution >= 4 is 11.9 Å². The van der Waals surface area contributed by atoms with E-state index in [9.17, 15) is 14.7 Å². The van der Waals surface area contributed by atoms with E-state index in [1.54, 1.807) is 0 Å². The topological polar surface area (TPSA) is 97.1 Å². The second-order valence-corrected chi connectivity index (χ2v) is 4.66. The molecule has 2 rings (SSSR count). The lowest BCUT2D eigenvalue weighted by atomic mass is 9.86. The number of carboxylic acid groups (broad SMARTS) is 1. The number of hydrogen-bond donors (Lipinski definition) is 2. The number of nitrogens with one attached hydrogen (secondary N) is 1. The van der Waals surface area contributed by atoms with E-state index >= 15 is 0 Å². The minimum atomic E-state index is -0.818. The third-order valence-electron chi connectivity index (χ3n) is 3.41. The lowest BCUT2D eigenvalue weighted by molar-refractivity contribution is -0.148. The van der Waals surface area contributed by atoms with E-state index < -0.39 is 11.4 Å². The maximum absolute atomic E-state index is 11.6. The van der Waals surface area contributed by atoms with Gasteiger partial charge in [0.05, 0.1) is 5.41 Å². The van der Waals surface area contributed by atoms with Gasteiger partial charge in [0, 0.05) is 6.54 Å². The Morgan fingerprint density at radius 3 is 2.67 bits per heavy atom. The highest BCUT2D eigenvalue weighted by molar-refractivity contribution is 5.79. The number of carbonyl (C=O) groups is 2. The summed E-state index contributed by atoms with van der Waals surface area (Å²) in [6, 6.07) is 0. The molecule has 1 fully saturated rings. The van der Waals surface area contributed by atoms with Crippen LogP contribution in [-0.4, -0.2) is 38.3 Å². The summed E-state index contributed by atoms with van der Waals surface area (Å²) in [5.74, 6) is -1.06. The van der Waals surface area contributed by atoms with E-state index in [1.807, 2.05) is 0 Å². The Morgan fingerprint density at radius 2 is 2.11 bits per heavy atom. The molecule has 7 nitrogen and oxygen atoms in total. The lowest BCUT2D eigenvalue weighted by Gasteiger charge is -2.23. The third-order valence-corrected chi connectivity index (χ3v) is 3.41. The zero-order chi connectivity index (χ0) is 13.0. The van der Waals surface area contributed by atoms with Crippen LogP contribution < -0.4 is 5.32 Å². The Balaban J connectivity index is 1.86. The summed E-state index contributed by atoms with van der Waals surface area (Å²) in [6.07, 6.45) is 5.87. The Hall–Kier alpha value is -1.92. The summed E-state index contributed by atoms with van der Waals surface area (Å²) in [6.45, 7) is 0.256. The van der Waals surface area contributed by atoms with Crippen LogP contribution in [0.3, 0.4) is 0 Å². The fourth-order valence-electron chi connectivity index (χ4n) is 2.30. The second-order valence-electron chi connectivity index (χ2n) is 4.66. The zero-order valence-electron chi connectivity index (χ0n) is 10.0. The molecule has 18 heavy (non-hydrogen) atoms. The van der Waals surface area contributed by atoms with Crippen LogP contribution in [-0.2, 0) is 16.1 Å². The minimum absolute atomic E-state index is 0.0652. The van der Waals surface area contributed by atoms with Crippen molar-refractivity contribution in [1.82, 2.24) is 20.1 Å². The Labute approximate surface area is 104 Å². The highest BCUT2D eigenvalue weighted by Crippen LogP contribution is 2.37. The van der Waals surface area contributed by atoms with Crippen LogP contribution in [0.15, 0.2) is 12.7 Å². The van der Waals surface area contributed by atoms with Gasteiger partial charge in [0.15, 0.2) is 0 Å². The smallest absolute Gasteiger partial charge is 0.311 e. The Kier molecular flexibility index (Phi) is 3.59. The van der Waals surface area contributed by atoms with Crippen molar-refractivity contribution in [3.8, 4) is 0 Å². The van der Waals surface area contributed by atoms with Crippen molar-refractivity contribution in [3.05, 3.63) is 12.7 Å². The van der Waals surface area contributed by atoms with Crippen molar-refractivity contribution in [1.29, 1.82) is 0 Å². The van der Waals surface area contributed by atoms with Gasteiger partial charge in [0.2, 0.25) is 5.91 Å². The van der Waals surface area contributed by atoms with Crippen LogP contribution in [0.4, 0.5) is 0 Å². The van der Waals surface area contributed by atoms with Crippen molar-refractivity contribution < 1.29 is 14.7 Å². The SMILES string of the molecule is O=C(Cn1cncn1)NCC1(C(=O)O)CCCC1. The van der Waals surface area contributed by atoms with Gasteiger partial charge in [0.25, 0.3) is 0 Å². The number of carboxylic acids is 1. The van der Waals surface area contributed by atoms with Crippen LogP contribution in [0.1, 0.15) is 25.7 Å². The van der Waals surface area contributed by atoms with Gasteiger partial charge >= 0.3 is 5.97 Å². The van der Waals surface area contributed by atoms with Crippen LogP contribution >= 0.6 is 0 Å². The van der Waals surface area contributed by atoms with Crippen LogP contribution in [0.25, 0.3) is 0 Å². The number of hydrogen-bond acceptors (Lipinski definition) is 4. The molecule has 1 aromatic heterocycles. The first-order chi connectivity index (χ1) is 8.62. The van der Waals surface area contributed by atoms with Crippen LogP contribution in [0, 0.1) is 5.41 Å². The van der Waals surface area contributed by atoms with Crippen molar-refractivity contribution in [2.45, 2.75) is 32.2 Å². The first-order valence-corrected chi connectivity index (χ1v) is 5.95. The van der Waals surface area contributed by atoms with E-state index in [0.29, 0.717) is 12.8 Å². The molecule has 7 heteroatoms. The van der Waals surface area contributed by atoms with E-state index in [0.717, 1.165) is 12.8 Å². The van der Waals surface area contributed by atoms with E-state index in [2.05, 4.69) is 15.4 Å². The predicted molar refractivity (Wildman–Crippen MR) is 61.6 cm³/mol. The minimum Gasteiger partial charge on any atom is -0.481 e. The maximum Gasteiger partial charge on any atom is 0.311 e. The molecule has 1 amide bonds. The van der Waals surface area contributed by atoms with Gasteiger partial charge in [-0.2, -0.15) is 5.10 Å². The van der Waals surface area contributed by atoms with Crippen molar-refractivity contribution in [3.63, 3.8) is 0 Å². The average Bonchev–Trinajstić information content (AvgIpc) is 2.97. The molecule has 98 valence electrons. The molecule has 0 bridgehead atoms. The maximum atomic E-state index is 11.6. The summed E-state index contributed by atoms with van der Waals surface area (Å²) in [5, 5.41) is 15.7. The zero-order valence-corrected chi connectivity index (χ0v) is 10.0. The summed E-state index contributed by atoms with van der Waals surface area (Å²) < 4.78 is 1.40. The highest BCUT2D eigenvalue weighted by Gasteiger charge is 2.41. The standard InChI is InChI=1S/C11H16N4O3/c16-9(5-15-8-12-7-14-15)13-6-11(10(17)18)3-1-2-4-11/h7-8H,1-6H2,(H,13,16)(H,17,18). The molecular formula is C11H16N4O3. The first kappa shape index (κ1) is 12.5. The number of aromatic nitrogens is 3. The molecule has 0 radical (unpaired) electrons. The van der Waals surface area contributed by atoms with Crippen LogP contribution in [0.2, 0.25) is 0 Å². The summed E-state index contributed by atoms with van der Waals surface area (Å²) in [7, 11) is 0. The first-order valence-electron chi connectivity index (χ1n) is 5.95. The largest absolute Gasteiger partial charge is 0.481 e. The molecule has 1 heterocycles. The number of carbonyl (C=O) groups excluding carboxylic acids is 1. The summed E-state index contributed by atoms with van der Waals surface area (Å²) >= 11 is 0. The lowest BCUT2D eigenvalue weighted by Crippen LogP contribution is -2.42. The van der Waals surface area contributed by atoms with Gasteiger partial charge in [-0.3, -0.25) is 9.59 Å². The third kappa shape index (κ3) is 2.66. The number of rotatable bonds is 5. The molecule has 0 saturated heterocycles. The molecule has 0 atom stereocenters. The molecule has 1 aliphatic rings. The fourth-order valence-corrected chi connectivity index (χ4v) is 2.30. The van der Waals surface area contributed by atoms with Gasteiger partial charge in [-0.1, -0.05) is 12.8 Å². The average molecular weight is 252 g/mol. The molecule has 0 spiro atoms. The van der Waals surface area contributed by atoms with Gasteiger partial charge in [-0.25, -0.2) is 9.67 Å². The molecule has 1 aliphatic carbocycles. The molecule has 0 aliphatic heterocycles. The predicted octanol–water partition coefficient (Wildman–Crippen LogP) is 0.0393. The molecule has 1 aromatic rings. The van der Waals surface area contributed by atoms with E-state index in [1.165, 1.54) is 17.3 Å². The van der Waals surface area contributed by atoms with Gasteiger partial charge < -0.3 is 10.4 Å². The second kappa shape index (κ2) is 5.16. The van der Waals surface area contributed by atoms with Crippen molar-refractivity contribution in [2.75, 3.05) is 6.54 Å². The van der Waals surface area contributed by atoms with Gasteiger partial charge in [-0.05, 0) is 12.8 Å². The van der Waals surface area contributed by atoms with Crippen molar-refractivity contribution in [2.24, 2.45) is 5.41 Å². The quantitative estimate of drug-likeness (QED) is 0.771. The van der Waals surface area contributed by atoms with E-state index in [-0.39, 0.29) is 19.0 Å². The number of nitrogens with zero attached hydrogens (tertiary/aromatic N) is 3. The van der Waals surface area contributed by atoms with Gasteiger partial charge in [0.1, 0.15) is 19.2 Å². The Morgan fingerprint density at radius 1 is 1.39 bits per heavy atom. The van der Waals surface area contributed by atoms with Crippen LogP contribution in [0.5, 0.6) is 0 Å². The molecule has 0 aromatic carbocycles. The normalized spacial score (nSPS) is 17.6. The molecule has 2 N–H and O–H groups in total. The fraction of sp³-hybridized carbons (Fsp3) is 0.636. The number of amides is 1. The summed E-state index contributed by atoms with van der Waals surface area (Å²) in [5.41, 5.74) is -0.780. The Bertz CT molecular complexity index is 424. The number of aliphatic carboxylic acids is 1. The highest BCUT2D eigenvalue weighted by atomic mass is 16.4. The molecular weight excluding hydrogens is 236 g/mol. The van der Waals surface area contributed by atoms with Gasteiger partial charge in [-0.15, -0.1) is 0 Å². The summed E-state index contributed by atoms with van der Waals surface area (Å²) in [4.78, 5) is 26.6. The molecule has 1 saturated carbocycles. The monoisotopic (exact) mass is 252 g/mol. The molecule has 0 unspecified atom stereocenters. The van der Waals surface area contributed by atoms with E-state index in [4.69, 9.17) is 0 Å².